The van der Waals surface area contributed by atoms with Crippen LogP contribution < -0.4 is 10.6 Å². The van der Waals surface area contributed by atoms with Crippen molar-refractivity contribution in [1.82, 2.24) is 20.4 Å². The number of hydrogen-bond acceptors (Lipinski definition) is 5. The Labute approximate surface area is 118 Å². The highest BCUT2D eigenvalue weighted by Gasteiger charge is 2.25. The van der Waals surface area contributed by atoms with Gasteiger partial charge in [-0.3, -0.25) is 9.48 Å². The molecule has 0 saturated carbocycles. The van der Waals surface area contributed by atoms with Crippen LogP contribution in [0.3, 0.4) is 0 Å². The van der Waals surface area contributed by atoms with E-state index in [1.165, 1.54) is 0 Å². The molecule has 0 spiro atoms. The zero-order chi connectivity index (χ0) is 14.8. The molecular formula is C12H20N4O3S. The summed E-state index contributed by atoms with van der Waals surface area (Å²) in [6.07, 6.45) is 1.90. The van der Waals surface area contributed by atoms with E-state index in [9.17, 15) is 13.2 Å². The second-order valence-electron chi connectivity index (χ2n) is 5.13. The molecule has 1 amide bonds. The van der Waals surface area contributed by atoms with E-state index in [4.69, 9.17) is 0 Å². The molecule has 8 heteroatoms. The van der Waals surface area contributed by atoms with Crippen molar-refractivity contribution in [3.63, 3.8) is 0 Å². The first kappa shape index (κ1) is 15.0. The molecule has 7 nitrogen and oxygen atoms in total. The quantitative estimate of drug-likeness (QED) is 0.753. The summed E-state index contributed by atoms with van der Waals surface area (Å²) < 4.78 is 24.7. The fourth-order valence-electron chi connectivity index (χ4n) is 2.21. The monoisotopic (exact) mass is 300 g/mol. The van der Waals surface area contributed by atoms with Gasteiger partial charge in [-0.05, 0) is 6.92 Å². The summed E-state index contributed by atoms with van der Waals surface area (Å²) in [6, 6.07) is -0.288. The highest BCUT2D eigenvalue weighted by atomic mass is 32.2. The Bertz CT molecular complexity index is 594. The first-order chi connectivity index (χ1) is 9.37. The van der Waals surface area contributed by atoms with Gasteiger partial charge in [0, 0.05) is 43.9 Å². The molecule has 0 aromatic carbocycles. The van der Waals surface area contributed by atoms with Gasteiger partial charge in [-0.15, -0.1) is 0 Å². The SMILES string of the molecule is Cc1c(CNC(=O)CC2CS(=O)(=O)CCN2)cnn1C. The lowest BCUT2D eigenvalue weighted by Gasteiger charge is -2.23. The van der Waals surface area contributed by atoms with Gasteiger partial charge < -0.3 is 10.6 Å². The Morgan fingerprint density at radius 2 is 2.35 bits per heavy atom. The van der Waals surface area contributed by atoms with E-state index in [1.807, 2.05) is 14.0 Å². The van der Waals surface area contributed by atoms with Crippen LogP contribution in [-0.2, 0) is 28.2 Å². The van der Waals surface area contributed by atoms with E-state index in [1.54, 1.807) is 10.9 Å². The Morgan fingerprint density at radius 1 is 1.60 bits per heavy atom. The average molecular weight is 300 g/mol. The second kappa shape index (κ2) is 5.92. The van der Waals surface area contributed by atoms with Crippen molar-refractivity contribution in [3.05, 3.63) is 17.5 Å². The normalized spacial score (nSPS) is 21.6. The molecule has 1 saturated heterocycles. The molecule has 0 radical (unpaired) electrons. The molecule has 1 aromatic heterocycles. The topological polar surface area (TPSA) is 93.1 Å². The Balaban J connectivity index is 1.82. The van der Waals surface area contributed by atoms with Crippen molar-refractivity contribution in [2.45, 2.75) is 25.9 Å². The van der Waals surface area contributed by atoms with Crippen LogP contribution in [0.25, 0.3) is 0 Å². The fourth-order valence-corrected chi connectivity index (χ4v) is 3.65. The highest BCUT2D eigenvalue weighted by Crippen LogP contribution is 2.07. The van der Waals surface area contributed by atoms with Crippen LogP contribution in [0.15, 0.2) is 6.20 Å². The molecule has 1 atom stereocenters. The summed E-state index contributed by atoms with van der Waals surface area (Å²) >= 11 is 0. The van der Waals surface area contributed by atoms with Crippen LogP contribution in [0, 0.1) is 6.92 Å². The number of nitrogens with zero attached hydrogens (tertiary/aromatic N) is 2. The smallest absolute Gasteiger partial charge is 0.221 e. The molecule has 0 bridgehead atoms. The third-order valence-electron chi connectivity index (χ3n) is 3.55. The lowest BCUT2D eigenvalue weighted by Crippen LogP contribution is -2.47. The van der Waals surface area contributed by atoms with Crippen LogP contribution in [-0.4, -0.2) is 48.2 Å². The number of carbonyl (C=O) groups is 1. The lowest BCUT2D eigenvalue weighted by molar-refractivity contribution is -0.121. The van der Waals surface area contributed by atoms with Gasteiger partial charge in [-0.25, -0.2) is 8.42 Å². The van der Waals surface area contributed by atoms with Crippen LogP contribution in [0.4, 0.5) is 0 Å². The molecule has 1 aromatic rings. The average Bonchev–Trinajstić information content (AvgIpc) is 2.66. The van der Waals surface area contributed by atoms with Gasteiger partial charge >= 0.3 is 0 Å². The second-order valence-corrected chi connectivity index (χ2v) is 7.35. The molecule has 1 fully saturated rings. The number of aryl methyl sites for hydroxylation is 1. The van der Waals surface area contributed by atoms with Gasteiger partial charge in [-0.1, -0.05) is 0 Å². The van der Waals surface area contributed by atoms with Crippen LogP contribution in [0.2, 0.25) is 0 Å². The summed E-state index contributed by atoms with van der Waals surface area (Å²) in [4.78, 5) is 11.8. The minimum absolute atomic E-state index is 0.0341. The van der Waals surface area contributed by atoms with Gasteiger partial charge in [-0.2, -0.15) is 5.10 Å². The lowest BCUT2D eigenvalue weighted by atomic mass is 10.2. The van der Waals surface area contributed by atoms with E-state index < -0.39 is 9.84 Å². The van der Waals surface area contributed by atoms with E-state index >= 15 is 0 Å². The largest absolute Gasteiger partial charge is 0.352 e. The molecule has 112 valence electrons. The minimum atomic E-state index is -3.00. The number of hydrogen-bond donors (Lipinski definition) is 2. The number of aromatic nitrogens is 2. The van der Waals surface area contributed by atoms with Crippen molar-refractivity contribution >= 4 is 15.7 Å². The first-order valence-corrected chi connectivity index (χ1v) is 8.37. The maximum absolute atomic E-state index is 11.8. The molecule has 2 N–H and O–H groups in total. The van der Waals surface area contributed by atoms with Crippen LogP contribution in [0.5, 0.6) is 0 Å². The van der Waals surface area contributed by atoms with Crippen LogP contribution in [0.1, 0.15) is 17.7 Å². The van der Waals surface area contributed by atoms with Gasteiger partial charge in [0.2, 0.25) is 5.91 Å². The molecule has 1 aliphatic heterocycles. The molecule has 2 rings (SSSR count). The van der Waals surface area contributed by atoms with Gasteiger partial charge in [0.1, 0.15) is 0 Å². The Hall–Kier alpha value is -1.41. The predicted molar refractivity (Wildman–Crippen MR) is 74.9 cm³/mol. The van der Waals surface area contributed by atoms with Crippen molar-refractivity contribution < 1.29 is 13.2 Å². The Morgan fingerprint density at radius 3 is 2.95 bits per heavy atom. The molecule has 2 heterocycles. The number of sulfone groups is 1. The van der Waals surface area contributed by atoms with Crippen molar-refractivity contribution in [2.24, 2.45) is 7.05 Å². The zero-order valence-electron chi connectivity index (χ0n) is 11.7. The predicted octanol–water partition coefficient (Wildman–Crippen LogP) is -0.879. The highest BCUT2D eigenvalue weighted by molar-refractivity contribution is 7.91. The molecule has 0 aliphatic carbocycles. The first-order valence-electron chi connectivity index (χ1n) is 6.55. The van der Waals surface area contributed by atoms with Gasteiger partial charge in [0.05, 0.1) is 17.7 Å². The van der Waals surface area contributed by atoms with Gasteiger partial charge in [0.25, 0.3) is 0 Å². The van der Waals surface area contributed by atoms with E-state index in [2.05, 4.69) is 15.7 Å². The van der Waals surface area contributed by atoms with Crippen molar-refractivity contribution in [1.29, 1.82) is 0 Å². The number of nitrogens with one attached hydrogen (secondary N) is 2. The van der Waals surface area contributed by atoms with E-state index in [0.717, 1.165) is 11.3 Å². The summed E-state index contributed by atoms with van der Waals surface area (Å²) in [7, 11) is -1.16. The summed E-state index contributed by atoms with van der Waals surface area (Å²) in [5.74, 6) is 0.0367. The molecule has 20 heavy (non-hydrogen) atoms. The molecule has 1 aliphatic rings. The third kappa shape index (κ3) is 3.80. The summed E-state index contributed by atoms with van der Waals surface area (Å²) in [5, 5.41) is 9.97. The standard InChI is InChI=1S/C12H20N4O3S/c1-9-10(7-15-16(9)2)6-14-12(17)5-11-8-20(18,19)4-3-13-11/h7,11,13H,3-6,8H2,1-2H3,(H,14,17). The number of carbonyl (C=O) groups excluding carboxylic acids is 1. The van der Waals surface area contributed by atoms with Crippen molar-refractivity contribution in [2.75, 3.05) is 18.1 Å². The molecule has 1 unspecified atom stereocenters. The van der Waals surface area contributed by atoms with E-state index in [-0.39, 0.29) is 29.9 Å². The number of amides is 1. The summed E-state index contributed by atoms with van der Waals surface area (Å²) in [6.45, 7) is 2.77. The molecular weight excluding hydrogens is 280 g/mol. The van der Waals surface area contributed by atoms with E-state index in [0.29, 0.717) is 13.1 Å². The zero-order valence-corrected chi connectivity index (χ0v) is 12.5. The Kier molecular flexibility index (Phi) is 4.44. The maximum Gasteiger partial charge on any atom is 0.221 e. The third-order valence-corrected chi connectivity index (χ3v) is 5.28. The van der Waals surface area contributed by atoms with Crippen LogP contribution >= 0.6 is 0 Å². The van der Waals surface area contributed by atoms with Gasteiger partial charge in [0.15, 0.2) is 9.84 Å². The summed E-state index contributed by atoms with van der Waals surface area (Å²) in [5.41, 5.74) is 1.97. The maximum atomic E-state index is 11.8. The number of rotatable bonds is 4. The van der Waals surface area contributed by atoms with Crippen molar-refractivity contribution in [3.8, 4) is 0 Å². The fraction of sp³-hybridized carbons (Fsp3) is 0.667. The minimum Gasteiger partial charge on any atom is -0.352 e.